The SMILES string of the molecule is COc1ccc(Br)cc1CNCCc1ccc(O)cc1. The number of phenolic OH excluding ortho intramolecular Hbond substituents is 1. The van der Waals surface area contributed by atoms with Crippen LogP contribution in [0.5, 0.6) is 11.5 Å². The van der Waals surface area contributed by atoms with E-state index < -0.39 is 0 Å². The van der Waals surface area contributed by atoms with Crippen molar-refractivity contribution in [2.45, 2.75) is 13.0 Å². The van der Waals surface area contributed by atoms with Crippen LogP contribution in [0.3, 0.4) is 0 Å². The molecule has 0 saturated heterocycles. The minimum Gasteiger partial charge on any atom is -0.508 e. The fourth-order valence-corrected chi connectivity index (χ4v) is 2.41. The Hall–Kier alpha value is -1.52. The smallest absolute Gasteiger partial charge is 0.123 e. The molecule has 0 unspecified atom stereocenters. The van der Waals surface area contributed by atoms with Gasteiger partial charge in [-0.1, -0.05) is 28.1 Å². The minimum atomic E-state index is 0.306. The summed E-state index contributed by atoms with van der Waals surface area (Å²) >= 11 is 3.47. The van der Waals surface area contributed by atoms with Gasteiger partial charge >= 0.3 is 0 Å². The van der Waals surface area contributed by atoms with Crippen molar-refractivity contribution in [3.05, 3.63) is 58.1 Å². The Labute approximate surface area is 127 Å². The molecule has 0 atom stereocenters. The molecule has 0 saturated carbocycles. The van der Waals surface area contributed by atoms with Gasteiger partial charge in [-0.3, -0.25) is 0 Å². The van der Waals surface area contributed by atoms with E-state index in [4.69, 9.17) is 4.74 Å². The summed E-state index contributed by atoms with van der Waals surface area (Å²) in [6.45, 7) is 1.64. The monoisotopic (exact) mass is 335 g/mol. The lowest BCUT2D eigenvalue weighted by atomic mass is 10.1. The van der Waals surface area contributed by atoms with Gasteiger partial charge in [0.1, 0.15) is 11.5 Å². The number of hydrogen-bond acceptors (Lipinski definition) is 3. The number of phenols is 1. The lowest BCUT2D eigenvalue weighted by molar-refractivity contribution is 0.407. The van der Waals surface area contributed by atoms with Crippen LogP contribution in [0.15, 0.2) is 46.9 Å². The molecule has 20 heavy (non-hydrogen) atoms. The molecule has 2 rings (SSSR count). The molecule has 3 nitrogen and oxygen atoms in total. The van der Waals surface area contributed by atoms with Crippen molar-refractivity contribution in [3.63, 3.8) is 0 Å². The van der Waals surface area contributed by atoms with Crippen molar-refractivity contribution in [1.82, 2.24) is 5.32 Å². The van der Waals surface area contributed by atoms with Crippen LogP contribution in [0, 0.1) is 0 Å². The van der Waals surface area contributed by atoms with Crippen LogP contribution in [0.2, 0.25) is 0 Å². The van der Waals surface area contributed by atoms with Crippen molar-refractivity contribution in [2.24, 2.45) is 0 Å². The van der Waals surface area contributed by atoms with Crippen molar-refractivity contribution in [3.8, 4) is 11.5 Å². The molecule has 0 aliphatic heterocycles. The number of ether oxygens (including phenoxy) is 1. The third-order valence-corrected chi connectivity index (χ3v) is 3.58. The van der Waals surface area contributed by atoms with Gasteiger partial charge < -0.3 is 15.2 Å². The topological polar surface area (TPSA) is 41.5 Å². The van der Waals surface area contributed by atoms with Gasteiger partial charge in [0, 0.05) is 16.6 Å². The number of nitrogens with one attached hydrogen (secondary N) is 1. The first-order valence-electron chi connectivity index (χ1n) is 6.50. The fraction of sp³-hybridized carbons (Fsp3) is 0.250. The Bertz CT molecular complexity index is 555. The first kappa shape index (κ1) is 14.9. The lowest BCUT2D eigenvalue weighted by Gasteiger charge is -2.10. The van der Waals surface area contributed by atoms with E-state index in [1.165, 1.54) is 5.56 Å². The van der Waals surface area contributed by atoms with Crippen LogP contribution < -0.4 is 10.1 Å². The van der Waals surface area contributed by atoms with Crippen LogP contribution in [0.1, 0.15) is 11.1 Å². The first-order valence-corrected chi connectivity index (χ1v) is 7.29. The highest BCUT2D eigenvalue weighted by atomic mass is 79.9. The van der Waals surface area contributed by atoms with E-state index >= 15 is 0 Å². The molecule has 2 aromatic rings. The van der Waals surface area contributed by atoms with E-state index in [-0.39, 0.29) is 0 Å². The van der Waals surface area contributed by atoms with E-state index in [1.807, 2.05) is 24.3 Å². The van der Waals surface area contributed by atoms with Crippen molar-refractivity contribution in [1.29, 1.82) is 0 Å². The third kappa shape index (κ3) is 4.25. The van der Waals surface area contributed by atoms with E-state index in [0.717, 1.165) is 35.3 Å². The standard InChI is InChI=1S/C16H18BrNO2/c1-20-16-7-4-14(17)10-13(16)11-18-9-8-12-2-5-15(19)6-3-12/h2-7,10,18-19H,8-9,11H2,1H3. The predicted octanol–water partition coefficient (Wildman–Crippen LogP) is 3.50. The van der Waals surface area contributed by atoms with Gasteiger partial charge in [0.05, 0.1) is 7.11 Å². The molecule has 0 aliphatic carbocycles. The molecule has 0 bridgehead atoms. The van der Waals surface area contributed by atoms with Crippen molar-refractivity contribution in [2.75, 3.05) is 13.7 Å². The Balaban J connectivity index is 1.84. The van der Waals surface area contributed by atoms with Crippen LogP contribution in [0.25, 0.3) is 0 Å². The van der Waals surface area contributed by atoms with Gasteiger partial charge in [-0.05, 0) is 48.9 Å². The zero-order valence-electron chi connectivity index (χ0n) is 11.4. The zero-order chi connectivity index (χ0) is 14.4. The normalized spacial score (nSPS) is 10.5. The van der Waals surface area contributed by atoms with Crippen LogP contribution >= 0.6 is 15.9 Å². The molecule has 106 valence electrons. The summed E-state index contributed by atoms with van der Waals surface area (Å²) in [5.41, 5.74) is 2.34. The molecular weight excluding hydrogens is 318 g/mol. The highest BCUT2D eigenvalue weighted by Gasteiger charge is 2.03. The van der Waals surface area contributed by atoms with Crippen molar-refractivity contribution >= 4 is 15.9 Å². The number of hydrogen-bond donors (Lipinski definition) is 2. The second kappa shape index (κ2) is 7.31. The molecule has 0 spiro atoms. The molecule has 0 amide bonds. The number of rotatable bonds is 6. The maximum Gasteiger partial charge on any atom is 0.123 e. The number of halogens is 1. The molecule has 0 aromatic heterocycles. The summed E-state index contributed by atoms with van der Waals surface area (Å²) in [5, 5.41) is 12.6. The molecule has 0 radical (unpaired) electrons. The zero-order valence-corrected chi connectivity index (χ0v) is 13.0. The number of methoxy groups -OCH3 is 1. The van der Waals surface area contributed by atoms with E-state index in [2.05, 4.69) is 27.3 Å². The largest absolute Gasteiger partial charge is 0.508 e. The summed E-state index contributed by atoms with van der Waals surface area (Å²) in [4.78, 5) is 0. The Morgan fingerprint density at radius 3 is 2.60 bits per heavy atom. The van der Waals surface area contributed by atoms with Crippen LogP contribution in [-0.4, -0.2) is 18.8 Å². The van der Waals surface area contributed by atoms with Gasteiger partial charge in [0.2, 0.25) is 0 Å². The Kier molecular flexibility index (Phi) is 5.44. The van der Waals surface area contributed by atoms with Gasteiger partial charge in [0.15, 0.2) is 0 Å². The third-order valence-electron chi connectivity index (χ3n) is 3.08. The number of aromatic hydroxyl groups is 1. The second-order valence-corrected chi connectivity index (χ2v) is 5.47. The maximum absolute atomic E-state index is 9.23. The van der Waals surface area contributed by atoms with Gasteiger partial charge in [0.25, 0.3) is 0 Å². The highest BCUT2D eigenvalue weighted by molar-refractivity contribution is 9.10. The first-order chi connectivity index (χ1) is 9.69. The Morgan fingerprint density at radius 1 is 1.15 bits per heavy atom. The molecule has 2 aromatic carbocycles. The van der Waals surface area contributed by atoms with Gasteiger partial charge in [-0.25, -0.2) is 0 Å². The average Bonchev–Trinajstić information content (AvgIpc) is 2.46. The maximum atomic E-state index is 9.23. The summed E-state index contributed by atoms with van der Waals surface area (Å²) in [6, 6.07) is 13.3. The minimum absolute atomic E-state index is 0.306. The van der Waals surface area contributed by atoms with Crippen LogP contribution in [-0.2, 0) is 13.0 Å². The molecule has 0 fully saturated rings. The van der Waals surface area contributed by atoms with Crippen LogP contribution in [0.4, 0.5) is 0 Å². The quantitative estimate of drug-likeness (QED) is 0.794. The molecule has 0 aliphatic rings. The average molecular weight is 336 g/mol. The summed E-state index contributed by atoms with van der Waals surface area (Å²) in [7, 11) is 1.68. The second-order valence-electron chi connectivity index (χ2n) is 4.55. The fourth-order valence-electron chi connectivity index (χ4n) is 2.00. The van der Waals surface area contributed by atoms with E-state index in [9.17, 15) is 5.11 Å². The lowest BCUT2D eigenvalue weighted by Crippen LogP contribution is -2.17. The molecule has 2 N–H and O–H groups in total. The summed E-state index contributed by atoms with van der Waals surface area (Å²) < 4.78 is 6.39. The number of benzene rings is 2. The van der Waals surface area contributed by atoms with Crippen molar-refractivity contribution < 1.29 is 9.84 Å². The molecule has 4 heteroatoms. The van der Waals surface area contributed by atoms with E-state index in [0.29, 0.717) is 5.75 Å². The molecular formula is C16H18BrNO2. The van der Waals surface area contributed by atoms with Gasteiger partial charge in [-0.15, -0.1) is 0 Å². The summed E-state index contributed by atoms with van der Waals surface area (Å²) in [5.74, 6) is 1.20. The highest BCUT2D eigenvalue weighted by Crippen LogP contribution is 2.22. The Morgan fingerprint density at radius 2 is 1.90 bits per heavy atom. The summed E-state index contributed by atoms with van der Waals surface area (Å²) in [6.07, 6.45) is 0.927. The van der Waals surface area contributed by atoms with Gasteiger partial charge in [-0.2, -0.15) is 0 Å². The van der Waals surface area contributed by atoms with E-state index in [1.54, 1.807) is 19.2 Å². The molecule has 0 heterocycles. The predicted molar refractivity (Wildman–Crippen MR) is 84.2 cm³/mol.